The molecule has 2 N–H and O–H groups in total. The highest BCUT2D eigenvalue weighted by Gasteiger charge is 2.44. The molecule has 0 aliphatic heterocycles. The van der Waals surface area contributed by atoms with Crippen LogP contribution in [0.15, 0.2) is 23.1 Å². The van der Waals surface area contributed by atoms with Crippen molar-refractivity contribution in [2.24, 2.45) is 5.41 Å². The van der Waals surface area contributed by atoms with E-state index in [0.29, 0.717) is 12.1 Å². The van der Waals surface area contributed by atoms with Crippen molar-refractivity contribution in [3.63, 3.8) is 0 Å². The summed E-state index contributed by atoms with van der Waals surface area (Å²) in [5, 5.41) is 0. The van der Waals surface area contributed by atoms with Crippen LogP contribution < -0.4 is 10.5 Å². The molecule has 1 saturated carbocycles. The van der Waals surface area contributed by atoms with Crippen molar-refractivity contribution in [3.05, 3.63) is 18.2 Å². The number of esters is 1. The fraction of sp³-hybridized carbons (Fsp3) is 0.500. The van der Waals surface area contributed by atoms with Crippen LogP contribution in [0.1, 0.15) is 19.3 Å². The largest absolute Gasteiger partial charge is 0.497 e. The number of benzene rings is 1. The van der Waals surface area contributed by atoms with Gasteiger partial charge < -0.3 is 15.2 Å². The average Bonchev–Trinajstić information content (AvgIpc) is 3.16. The fourth-order valence-corrected chi connectivity index (χ4v) is 3.24. The molecule has 4 nitrogen and oxygen atoms in total. The average molecular weight is 281 g/mol. The van der Waals surface area contributed by atoms with E-state index >= 15 is 0 Å². The molecule has 0 atom stereocenters. The third-order valence-electron chi connectivity index (χ3n) is 3.39. The smallest absolute Gasteiger partial charge is 0.306 e. The Morgan fingerprint density at radius 2 is 2.11 bits per heavy atom. The van der Waals surface area contributed by atoms with Crippen molar-refractivity contribution in [3.8, 4) is 5.75 Å². The fourth-order valence-electron chi connectivity index (χ4n) is 1.96. The molecule has 1 fully saturated rings. The lowest BCUT2D eigenvalue weighted by Gasteiger charge is -2.13. The van der Waals surface area contributed by atoms with Crippen LogP contribution in [0.3, 0.4) is 0 Å². The summed E-state index contributed by atoms with van der Waals surface area (Å²) in [7, 11) is 3.07. The molecule has 0 heterocycles. The highest BCUT2D eigenvalue weighted by molar-refractivity contribution is 7.99. The molecule has 0 bridgehead atoms. The first-order valence-electron chi connectivity index (χ1n) is 6.21. The van der Waals surface area contributed by atoms with Crippen LogP contribution in [0, 0.1) is 5.41 Å². The topological polar surface area (TPSA) is 61.5 Å². The van der Waals surface area contributed by atoms with Crippen molar-refractivity contribution in [1.82, 2.24) is 0 Å². The Bertz CT molecular complexity index is 472. The number of nitrogens with two attached hydrogens (primary N) is 1. The van der Waals surface area contributed by atoms with E-state index < -0.39 is 0 Å². The molecule has 0 unspecified atom stereocenters. The summed E-state index contributed by atoms with van der Waals surface area (Å²) >= 11 is 1.72. The zero-order valence-electron chi connectivity index (χ0n) is 11.3. The van der Waals surface area contributed by atoms with E-state index in [1.54, 1.807) is 24.9 Å². The Kier molecular flexibility index (Phi) is 4.24. The molecule has 1 aliphatic rings. The van der Waals surface area contributed by atoms with Crippen molar-refractivity contribution in [1.29, 1.82) is 0 Å². The predicted octanol–water partition coefficient (Wildman–Crippen LogP) is 2.71. The van der Waals surface area contributed by atoms with E-state index in [-0.39, 0.29) is 11.4 Å². The molecule has 0 spiro atoms. The second-order valence-corrected chi connectivity index (χ2v) is 6.03. The van der Waals surface area contributed by atoms with Crippen LogP contribution in [0.2, 0.25) is 0 Å². The van der Waals surface area contributed by atoms with E-state index in [0.717, 1.165) is 29.2 Å². The van der Waals surface area contributed by atoms with Gasteiger partial charge >= 0.3 is 5.97 Å². The van der Waals surface area contributed by atoms with E-state index in [2.05, 4.69) is 0 Å². The molecule has 1 aromatic carbocycles. The van der Waals surface area contributed by atoms with Gasteiger partial charge in [-0.1, -0.05) is 0 Å². The van der Waals surface area contributed by atoms with Gasteiger partial charge in [-0.15, -0.1) is 11.8 Å². The van der Waals surface area contributed by atoms with Gasteiger partial charge in [-0.2, -0.15) is 0 Å². The number of thioether (sulfide) groups is 1. The number of hydrogen-bond acceptors (Lipinski definition) is 5. The SMILES string of the molecule is COC(=O)CC1(CSc2cc(N)cc(OC)c2)CC1. The second kappa shape index (κ2) is 5.74. The summed E-state index contributed by atoms with van der Waals surface area (Å²) in [6.07, 6.45) is 2.69. The Morgan fingerprint density at radius 3 is 2.68 bits per heavy atom. The minimum Gasteiger partial charge on any atom is -0.497 e. The lowest BCUT2D eigenvalue weighted by Crippen LogP contribution is -2.12. The van der Waals surface area contributed by atoms with Gasteiger partial charge in [-0.05, 0) is 30.4 Å². The van der Waals surface area contributed by atoms with Crippen LogP contribution in [0.5, 0.6) is 5.75 Å². The van der Waals surface area contributed by atoms with E-state index in [9.17, 15) is 4.79 Å². The Morgan fingerprint density at radius 1 is 1.37 bits per heavy atom. The molecular weight excluding hydrogens is 262 g/mol. The summed E-state index contributed by atoms with van der Waals surface area (Å²) in [5.41, 5.74) is 6.64. The zero-order valence-corrected chi connectivity index (χ0v) is 12.1. The highest BCUT2D eigenvalue weighted by Crippen LogP contribution is 2.52. The number of nitrogen functional groups attached to an aromatic ring is 1. The van der Waals surface area contributed by atoms with Gasteiger partial charge in [0.25, 0.3) is 0 Å². The standard InChI is InChI=1S/C14H19NO3S/c1-17-11-5-10(15)6-12(7-11)19-9-14(3-4-14)8-13(16)18-2/h5-7H,3-4,8-9,15H2,1-2H3. The number of anilines is 1. The lowest BCUT2D eigenvalue weighted by molar-refractivity contribution is -0.141. The van der Waals surface area contributed by atoms with Gasteiger partial charge in [0, 0.05) is 22.4 Å². The summed E-state index contributed by atoms with van der Waals surface area (Å²) in [5.74, 6) is 1.55. The normalized spacial score (nSPS) is 15.9. The molecule has 0 amide bonds. The van der Waals surface area contributed by atoms with Crippen LogP contribution in [0.25, 0.3) is 0 Å². The second-order valence-electron chi connectivity index (χ2n) is 4.98. The molecule has 2 rings (SSSR count). The number of carbonyl (C=O) groups is 1. The van der Waals surface area contributed by atoms with Crippen LogP contribution >= 0.6 is 11.8 Å². The van der Waals surface area contributed by atoms with Crippen LogP contribution in [-0.2, 0) is 9.53 Å². The molecule has 1 aromatic rings. The molecule has 0 radical (unpaired) electrons. The first-order valence-corrected chi connectivity index (χ1v) is 7.20. The van der Waals surface area contributed by atoms with E-state index in [4.69, 9.17) is 15.2 Å². The maximum absolute atomic E-state index is 11.4. The number of hydrogen-bond donors (Lipinski definition) is 1. The first kappa shape index (κ1) is 14.1. The van der Waals surface area contributed by atoms with Crippen molar-refractivity contribution in [2.45, 2.75) is 24.2 Å². The highest BCUT2D eigenvalue weighted by atomic mass is 32.2. The van der Waals surface area contributed by atoms with Crippen molar-refractivity contribution >= 4 is 23.4 Å². The monoisotopic (exact) mass is 281 g/mol. The molecule has 1 aliphatic carbocycles. The molecule has 5 heteroatoms. The van der Waals surface area contributed by atoms with E-state index in [1.165, 1.54) is 7.11 Å². The summed E-state index contributed by atoms with van der Waals surface area (Å²) in [4.78, 5) is 12.4. The van der Waals surface area contributed by atoms with Gasteiger partial charge in [0.1, 0.15) is 5.75 Å². The van der Waals surface area contributed by atoms with Gasteiger partial charge in [-0.3, -0.25) is 4.79 Å². The number of carbonyl (C=O) groups excluding carboxylic acids is 1. The number of ether oxygens (including phenoxy) is 2. The quantitative estimate of drug-likeness (QED) is 0.493. The van der Waals surface area contributed by atoms with Crippen molar-refractivity contribution < 1.29 is 14.3 Å². The Balaban J connectivity index is 1.95. The van der Waals surface area contributed by atoms with Crippen molar-refractivity contribution in [2.75, 3.05) is 25.7 Å². The molecular formula is C14H19NO3S. The number of rotatable bonds is 6. The number of methoxy groups -OCH3 is 2. The first-order chi connectivity index (χ1) is 9.07. The zero-order chi connectivity index (χ0) is 13.9. The minimum absolute atomic E-state index is 0.121. The molecule has 19 heavy (non-hydrogen) atoms. The third kappa shape index (κ3) is 3.80. The van der Waals surface area contributed by atoms with Gasteiger partial charge in [0.2, 0.25) is 0 Å². The molecule has 104 valence electrons. The molecule has 0 aromatic heterocycles. The lowest BCUT2D eigenvalue weighted by atomic mass is 10.1. The Labute approximate surface area is 117 Å². The maximum Gasteiger partial charge on any atom is 0.306 e. The summed E-state index contributed by atoms with van der Waals surface area (Å²) < 4.78 is 9.94. The Hall–Kier alpha value is -1.36. The summed E-state index contributed by atoms with van der Waals surface area (Å²) in [6, 6.07) is 5.70. The third-order valence-corrected chi connectivity index (χ3v) is 4.71. The maximum atomic E-state index is 11.4. The summed E-state index contributed by atoms with van der Waals surface area (Å²) in [6.45, 7) is 0. The predicted molar refractivity (Wildman–Crippen MR) is 76.4 cm³/mol. The van der Waals surface area contributed by atoms with Gasteiger partial charge in [0.15, 0.2) is 0 Å². The van der Waals surface area contributed by atoms with Crippen LogP contribution in [0.4, 0.5) is 5.69 Å². The van der Waals surface area contributed by atoms with Gasteiger partial charge in [0.05, 0.1) is 20.6 Å². The minimum atomic E-state index is -0.122. The van der Waals surface area contributed by atoms with Crippen LogP contribution in [-0.4, -0.2) is 25.9 Å². The molecule has 0 saturated heterocycles. The van der Waals surface area contributed by atoms with E-state index in [1.807, 2.05) is 12.1 Å². The van der Waals surface area contributed by atoms with Gasteiger partial charge in [-0.25, -0.2) is 0 Å².